The minimum atomic E-state index is -0.661. The Labute approximate surface area is 342 Å². The zero-order chi connectivity index (χ0) is 40.8. The Morgan fingerprint density at radius 3 is 1.29 bits per heavy atom. The highest BCUT2D eigenvalue weighted by Crippen LogP contribution is 2.41. The van der Waals surface area contributed by atoms with Gasteiger partial charge in [-0.05, 0) is 164 Å². The molecule has 6 nitrogen and oxygen atoms in total. The van der Waals surface area contributed by atoms with E-state index in [1.165, 1.54) is 50.1 Å². The average Bonchev–Trinajstić information content (AvgIpc) is 3.99. The van der Waals surface area contributed by atoms with Gasteiger partial charge < -0.3 is 19.3 Å². The highest BCUT2D eigenvalue weighted by Gasteiger charge is 2.53. The third kappa shape index (κ3) is 6.28. The summed E-state index contributed by atoms with van der Waals surface area (Å²) in [6.45, 7) is 23.6. The molecule has 8 bridgehead atoms. The topological polar surface area (TPSA) is 75.8 Å². The highest BCUT2D eigenvalue weighted by atomic mass is 16.7. The molecule has 0 radical (unpaired) electrons. The quantitative estimate of drug-likeness (QED) is 0.175. The second-order valence-corrected chi connectivity index (χ2v) is 17.5. The number of nitrogens with one attached hydrogen (secondary N) is 2. The molecule has 9 rings (SSSR count). The standard InChI is InChI=1S/C51H51BN4O2/c1-28-12-14-35(15-13-28)46-36-16-17-38(53-36)47(44-31(4)24-29(2)25-32(44)5)39-18-19-40(54-39)48(45-33(6)26-30(3)27-34(45)7)41-21-23-43(56-41)49(42-22-20-37(46)55-42)52-57-50(8,9)51(10,11)58-52/h12-27,54-55H,1-11H3. The molecule has 6 heterocycles. The van der Waals surface area contributed by atoms with E-state index in [1.54, 1.807) is 0 Å². The van der Waals surface area contributed by atoms with E-state index in [1.807, 2.05) is 0 Å². The first kappa shape index (κ1) is 37.8. The van der Waals surface area contributed by atoms with E-state index >= 15 is 0 Å². The first-order valence-electron chi connectivity index (χ1n) is 20.3. The molecular weight excluding hydrogens is 711 g/mol. The van der Waals surface area contributed by atoms with Crippen LogP contribution < -0.4 is 5.46 Å². The summed E-state index contributed by atoms with van der Waals surface area (Å²) in [7, 11) is -0.661. The second kappa shape index (κ2) is 13.7. The molecule has 0 spiro atoms. The van der Waals surface area contributed by atoms with Crippen LogP contribution in [0.2, 0.25) is 0 Å². The van der Waals surface area contributed by atoms with Crippen LogP contribution in [0.5, 0.6) is 0 Å². The molecule has 290 valence electrons. The Hall–Kier alpha value is -5.76. The maximum Gasteiger partial charge on any atom is 0.499 e. The SMILES string of the molecule is Cc1ccc(-c2c3nc(c(-c4c(C)cc(C)cc4C)c4ccc([nH]4)c(-c4c(C)cc(C)cc4C)c4nc(c(B5OC(C)(C)C(C)(C)O5)c5ccc2[nH]5)C=C4)C=C3)cc1. The van der Waals surface area contributed by atoms with Gasteiger partial charge in [-0.25, -0.2) is 9.97 Å². The first-order valence-corrected chi connectivity index (χ1v) is 20.3. The lowest BCUT2D eigenvalue weighted by molar-refractivity contribution is 0.00578. The molecule has 0 atom stereocenters. The Balaban J connectivity index is 1.48. The smallest absolute Gasteiger partial charge is 0.399 e. The lowest BCUT2D eigenvalue weighted by atomic mass is 9.77. The highest BCUT2D eigenvalue weighted by molar-refractivity contribution is 6.65. The molecule has 0 amide bonds. The maximum atomic E-state index is 6.80. The molecule has 0 saturated carbocycles. The fourth-order valence-electron chi connectivity index (χ4n) is 9.14. The van der Waals surface area contributed by atoms with Crippen molar-refractivity contribution >= 4 is 59.0 Å². The number of fused-ring (bicyclic) bond motifs is 8. The summed E-state index contributed by atoms with van der Waals surface area (Å²) in [5, 5.41) is 0. The number of aromatic amines is 2. The molecule has 0 aliphatic carbocycles. The van der Waals surface area contributed by atoms with Gasteiger partial charge >= 0.3 is 7.12 Å². The van der Waals surface area contributed by atoms with Gasteiger partial charge in [-0.2, -0.15) is 0 Å². The van der Waals surface area contributed by atoms with Crippen LogP contribution in [0.3, 0.4) is 0 Å². The van der Waals surface area contributed by atoms with Crippen LogP contribution in [-0.4, -0.2) is 38.3 Å². The van der Waals surface area contributed by atoms with Crippen LogP contribution in [0.25, 0.3) is 79.8 Å². The Kier molecular flexibility index (Phi) is 8.92. The number of aryl methyl sites for hydroxylation is 7. The maximum absolute atomic E-state index is 6.80. The molecule has 3 aromatic heterocycles. The van der Waals surface area contributed by atoms with Gasteiger partial charge in [0.15, 0.2) is 0 Å². The van der Waals surface area contributed by atoms with E-state index in [9.17, 15) is 0 Å². The van der Waals surface area contributed by atoms with Gasteiger partial charge in [0, 0.05) is 44.2 Å². The number of rotatable bonds is 4. The van der Waals surface area contributed by atoms with E-state index in [0.29, 0.717) is 0 Å². The van der Waals surface area contributed by atoms with Crippen molar-refractivity contribution in [2.24, 2.45) is 0 Å². The molecule has 3 aliphatic heterocycles. The second-order valence-electron chi connectivity index (χ2n) is 17.5. The minimum absolute atomic E-state index is 0.546. The van der Waals surface area contributed by atoms with E-state index in [0.717, 1.165) is 72.6 Å². The van der Waals surface area contributed by atoms with Gasteiger partial charge in [0.05, 0.1) is 34.0 Å². The van der Waals surface area contributed by atoms with Crippen molar-refractivity contribution in [3.63, 3.8) is 0 Å². The van der Waals surface area contributed by atoms with Crippen molar-refractivity contribution in [2.75, 3.05) is 0 Å². The molecule has 1 fully saturated rings. The van der Waals surface area contributed by atoms with Gasteiger partial charge in [0.25, 0.3) is 0 Å². The van der Waals surface area contributed by atoms with E-state index < -0.39 is 18.3 Å². The van der Waals surface area contributed by atoms with E-state index in [-0.39, 0.29) is 0 Å². The minimum Gasteiger partial charge on any atom is -0.399 e. The normalized spacial score (nSPS) is 15.5. The molecule has 0 unspecified atom stereocenters. The van der Waals surface area contributed by atoms with Crippen molar-refractivity contribution in [1.82, 2.24) is 19.9 Å². The van der Waals surface area contributed by atoms with Crippen LogP contribution >= 0.6 is 0 Å². The van der Waals surface area contributed by atoms with E-state index in [4.69, 9.17) is 19.3 Å². The molecule has 6 aromatic rings. The Morgan fingerprint density at radius 1 is 0.431 bits per heavy atom. The molecule has 58 heavy (non-hydrogen) atoms. The Bertz CT molecular complexity index is 2860. The largest absolute Gasteiger partial charge is 0.499 e. The van der Waals surface area contributed by atoms with Crippen molar-refractivity contribution in [1.29, 1.82) is 0 Å². The zero-order valence-electron chi connectivity index (χ0n) is 35.5. The monoisotopic (exact) mass is 762 g/mol. The van der Waals surface area contributed by atoms with Gasteiger partial charge in [0.2, 0.25) is 0 Å². The molecular formula is C51H51BN4O2. The summed E-state index contributed by atoms with van der Waals surface area (Å²) < 4.78 is 13.6. The van der Waals surface area contributed by atoms with Gasteiger partial charge in [-0.15, -0.1) is 0 Å². The predicted octanol–water partition coefficient (Wildman–Crippen LogP) is 12.1. The number of benzene rings is 3. The van der Waals surface area contributed by atoms with Crippen LogP contribution in [0.1, 0.15) is 89.4 Å². The molecule has 1 saturated heterocycles. The van der Waals surface area contributed by atoms with Crippen molar-refractivity contribution in [2.45, 2.75) is 87.4 Å². The number of H-pyrrole nitrogens is 2. The third-order valence-electron chi connectivity index (χ3n) is 12.5. The molecule has 3 aliphatic rings. The molecule has 7 heteroatoms. The summed E-state index contributed by atoms with van der Waals surface area (Å²) in [6, 6.07) is 26.5. The summed E-state index contributed by atoms with van der Waals surface area (Å²) >= 11 is 0. The van der Waals surface area contributed by atoms with Gasteiger partial charge in [-0.1, -0.05) is 65.2 Å². The fraction of sp³-hybridized carbons (Fsp3) is 0.255. The van der Waals surface area contributed by atoms with E-state index in [2.05, 4.69) is 183 Å². The number of aromatic nitrogens is 4. The van der Waals surface area contributed by atoms with Crippen LogP contribution in [0.4, 0.5) is 0 Å². The van der Waals surface area contributed by atoms with Gasteiger partial charge in [-0.3, -0.25) is 0 Å². The Morgan fingerprint density at radius 2 is 0.810 bits per heavy atom. The fourth-order valence-corrected chi connectivity index (χ4v) is 9.14. The van der Waals surface area contributed by atoms with Gasteiger partial charge in [0.1, 0.15) is 0 Å². The predicted molar refractivity (Wildman–Crippen MR) is 244 cm³/mol. The van der Waals surface area contributed by atoms with Crippen molar-refractivity contribution in [3.8, 4) is 33.4 Å². The lowest BCUT2D eigenvalue weighted by Crippen LogP contribution is -2.41. The van der Waals surface area contributed by atoms with Crippen LogP contribution in [0.15, 0.2) is 72.8 Å². The summed E-state index contributed by atoms with van der Waals surface area (Å²) in [5.74, 6) is 0. The summed E-state index contributed by atoms with van der Waals surface area (Å²) in [6.07, 6.45) is 8.59. The van der Waals surface area contributed by atoms with Crippen LogP contribution in [-0.2, 0) is 9.31 Å². The first-order chi connectivity index (χ1) is 27.6. The number of nitrogens with zero attached hydrogens (tertiary/aromatic N) is 2. The summed E-state index contributed by atoms with van der Waals surface area (Å²) in [4.78, 5) is 18.8. The summed E-state index contributed by atoms with van der Waals surface area (Å²) in [5.41, 5.74) is 22.1. The lowest BCUT2D eigenvalue weighted by Gasteiger charge is -2.32. The zero-order valence-corrected chi connectivity index (χ0v) is 35.5. The molecule has 2 N–H and O–H groups in total. The number of hydrogen-bond donors (Lipinski definition) is 2. The molecule has 3 aromatic carbocycles. The average molecular weight is 763 g/mol. The number of hydrogen-bond acceptors (Lipinski definition) is 4. The van der Waals surface area contributed by atoms with Crippen LogP contribution in [0, 0.1) is 48.5 Å². The third-order valence-corrected chi connectivity index (χ3v) is 12.5. The van der Waals surface area contributed by atoms with Crippen molar-refractivity contribution in [3.05, 3.63) is 135 Å². The van der Waals surface area contributed by atoms with Crippen molar-refractivity contribution < 1.29 is 9.31 Å².